The minimum absolute atomic E-state index is 0.0453. The molecule has 0 spiro atoms. The average molecular weight is 934 g/mol. The lowest BCUT2D eigenvalue weighted by molar-refractivity contribution is -0.156. The quantitative estimate of drug-likeness (QED) is 0.171. The van der Waals surface area contributed by atoms with Gasteiger partial charge in [0.1, 0.15) is 23.2 Å². The molecule has 358 valence electrons. The lowest BCUT2D eigenvalue weighted by Gasteiger charge is -2.37. The van der Waals surface area contributed by atoms with E-state index >= 15 is 0 Å². The number of nitrogens with one attached hydrogen (secondary N) is 2. The summed E-state index contributed by atoms with van der Waals surface area (Å²) in [5.74, 6) is -0.764. The number of piperazine rings is 1. The number of likely N-dealkylation sites (N-methyl/N-ethyl adjacent to an activating group) is 1. The molecule has 8 atom stereocenters. The maximum absolute atomic E-state index is 14.9. The predicted octanol–water partition coefficient (Wildman–Crippen LogP) is 6.32. The molecule has 67 heavy (non-hydrogen) atoms. The van der Waals surface area contributed by atoms with E-state index in [1.807, 2.05) is 38.2 Å². The third kappa shape index (κ3) is 9.48. The number of amides is 2. The molecule has 4 aromatic rings. The summed E-state index contributed by atoms with van der Waals surface area (Å²) >= 11 is 1.57. The largest absolute Gasteiger partial charge is 0.464 e. The number of carbonyl (C=O) groups excluding carboxylic acids is 3. The minimum atomic E-state index is -1.11. The van der Waals surface area contributed by atoms with Gasteiger partial charge in [0, 0.05) is 104 Å². The van der Waals surface area contributed by atoms with Crippen LogP contribution in [0.5, 0.6) is 0 Å². The van der Waals surface area contributed by atoms with E-state index in [2.05, 4.69) is 89.1 Å². The Labute approximate surface area is 398 Å². The number of aromatic nitrogens is 3. The number of aryl methyl sites for hydroxylation is 1. The van der Waals surface area contributed by atoms with Crippen LogP contribution in [0.1, 0.15) is 95.0 Å². The van der Waals surface area contributed by atoms with Gasteiger partial charge in [0.2, 0.25) is 5.91 Å². The van der Waals surface area contributed by atoms with E-state index < -0.39 is 29.6 Å². The highest BCUT2D eigenvalue weighted by Crippen LogP contribution is 2.53. The number of anilines is 1. The van der Waals surface area contributed by atoms with Crippen LogP contribution in [0.4, 0.5) is 5.69 Å². The Kier molecular flexibility index (Phi) is 13.8. The molecule has 7 heterocycles. The number of methoxy groups -OCH3 is 1. The van der Waals surface area contributed by atoms with Gasteiger partial charge in [-0.15, -0.1) is 11.8 Å². The molecule has 2 N–H and O–H groups in total. The molecule has 5 aliphatic rings. The van der Waals surface area contributed by atoms with Gasteiger partial charge in [-0.3, -0.25) is 34.4 Å². The van der Waals surface area contributed by atoms with Gasteiger partial charge >= 0.3 is 5.97 Å². The minimum Gasteiger partial charge on any atom is -0.464 e. The van der Waals surface area contributed by atoms with Crippen LogP contribution >= 0.6 is 11.8 Å². The first-order valence-electron chi connectivity index (χ1n) is 24.2. The fourth-order valence-corrected chi connectivity index (χ4v) is 11.8. The van der Waals surface area contributed by atoms with Gasteiger partial charge in [-0.1, -0.05) is 32.9 Å². The van der Waals surface area contributed by atoms with E-state index in [-0.39, 0.29) is 48.3 Å². The molecule has 16 heteroatoms. The standard InChI is InChI=1S/C51H67N9O6S/c1-9-59-40-17-16-32-24-34(40)36(45(59)35-25-33(27-53-43(35)31(4)64-8)58-22-20-57(7)21-23-58)26-51(5,6)29-66-50(63)38-15-13-19-60(56-38)49(62)44(46(65-10-2)48-54-39(32)28-67-48)55-47(61)42-30(3)41(42)37-14-11-12-18-52-37/h11-12,14,16-18,24-25,27,30-31,38-39,41-42,44,46,56H,9-10,13,15,19-23,26,28-29H2,1-8H3,(H,55,61)/t30-,31-,38-,39?,41-,42+,44-,46-/m0/s1. The molecule has 1 unspecified atom stereocenters. The van der Waals surface area contributed by atoms with Crippen molar-refractivity contribution in [1.82, 2.24) is 35.2 Å². The highest BCUT2D eigenvalue weighted by molar-refractivity contribution is 8.14. The van der Waals surface area contributed by atoms with Crippen LogP contribution in [0, 0.1) is 17.3 Å². The number of benzene rings is 1. The van der Waals surface area contributed by atoms with Gasteiger partial charge < -0.3 is 33.9 Å². The lowest BCUT2D eigenvalue weighted by Crippen LogP contribution is -2.63. The maximum Gasteiger partial charge on any atom is 0.324 e. The molecular weight excluding hydrogens is 867 g/mol. The lowest BCUT2D eigenvalue weighted by atomic mass is 9.84. The first-order valence-corrected chi connectivity index (χ1v) is 25.2. The summed E-state index contributed by atoms with van der Waals surface area (Å²) in [6.07, 6.45) is 4.29. The number of pyridine rings is 2. The van der Waals surface area contributed by atoms with Crippen molar-refractivity contribution in [1.29, 1.82) is 0 Å². The van der Waals surface area contributed by atoms with E-state index in [0.717, 1.165) is 76.5 Å². The van der Waals surface area contributed by atoms with Crippen molar-refractivity contribution in [2.75, 3.05) is 70.7 Å². The van der Waals surface area contributed by atoms with Crippen molar-refractivity contribution < 1.29 is 28.6 Å². The van der Waals surface area contributed by atoms with Gasteiger partial charge in [-0.25, -0.2) is 5.43 Å². The summed E-state index contributed by atoms with van der Waals surface area (Å²) in [6, 6.07) is 12.6. The summed E-state index contributed by atoms with van der Waals surface area (Å²) in [7, 11) is 3.90. The number of thioether (sulfide) groups is 1. The van der Waals surface area contributed by atoms with E-state index in [1.54, 1.807) is 25.1 Å². The highest BCUT2D eigenvalue weighted by Gasteiger charge is 2.54. The number of fused-ring (bicyclic) bond motifs is 5. The molecule has 3 fully saturated rings. The molecule has 9 rings (SSSR count). The number of esters is 1. The van der Waals surface area contributed by atoms with Crippen LogP contribution in [0.15, 0.2) is 59.9 Å². The zero-order valence-corrected chi connectivity index (χ0v) is 41.1. The van der Waals surface area contributed by atoms with Crippen LogP contribution < -0.4 is 15.6 Å². The molecular formula is C51H67N9O6S. The first kappa shape index (κ1) is 47.2. The number of nitrogens with zero attached hydrogens (tertiary/aromatic N) is 7. The van der Waals surface area contributed by atoms with E-state index in [4.69, 9.17) is 24.2 Å². The number of hydrazine groups is 1. The first-order chi connectivity index (χ1) is 32.3. The fraction of sp³-hybridized carbons (Fsp3) is 0.569. The average Bonchev–Trinajstić information content (AvgIpc) is 3.62. The number of cyclic esters (lactones) is 1. The smallest absolute Gasteiger partial charge is 0.324 e. The normalized spacial score (nSPS) is 27.3. The number of aliphatic imine (C=N–C) groups is 1. The van der Waals surface area contributed by atoms with Crippen LogP contribution in [0.2, 0.25) is 0 Å². The third-order valence-electron chi connectivity index (χ3n) is 14.5. The van der Waals surface area contributed by atoms with Crippen LogP contribution in [-0.4, -0.2) is 131 Å². The van der Waals surface area contributed by atoms with Gasteiger partial charge in [0.25, 0.3) is 5.91 Å². The topological polar surface area (TPSA) is 156 Å². The molecule has 1 saturated carbocycles. The zero-order chi connectivity index (χ0) is 47.1. The van der Waals surface area contributed by atoms with Gasteiger partial charge in [0.05, 0.1) is 42.0 Å². The van der Waals surface area contributed by atoms with E-state index in [9.17, 15) is 14.4 Å². The molecule has 1 aliphatic carbocycles. The predicted molar refractivity (Wildman–Crippen MR) is 262 cm³/mol. The Hall–Kier alpha value is -4.87. The van der Waals surface area contributed by atoms with Crippen molar-refractivity contribution in [3.63, 3.8) is 0 Å². The Morgan fingerprint density at radius 1 is 1.07 bits per heavy atom. The van der Waals surface area contributed by atoms with Crippen molar-refractivity contribution in [2.24, 2.45) is 22.2 Å². The maximum atomic E-state index is 14.9. The summed E-state index contributed by atoms with van der Waals surface area (Å²) in [5.41, 5.74) is 10.9. The Balaban J connectivity index is 1.15. The van der Waals surface area contributed by atoms with E-state index in [0.29, 0.717) is 49.8 Å². The number of hydrogen-bond acceptors (Lipinski definition) is 13. The molecule has 0 radical (unpaired) electrons. The molecule has 2 amide bonds. The molecule has 4 aliphatic heterocycles. The van der Waals surface area contributed by atoms with Crippen molar-refractivity contribution in [3.8, 4) is 11.3 Å². The summed E-state index contributed by atoms with van der Waals surface area (Å²) in [6.45, 7) is 17.8. The highest BCUT2D eigenvalue weighted by atomic mass is 32.2. The molecule has 6 bridgehead atoms. The van der Waals surface area contributed by atoms with Crippen molar-refractivity contribution >= 4 is 51.2 Å². The van der Waals surface area contributed by atoms with Crippen LogP contribution in [-0.2, 0) is 41.6 Å². The number of hydrogen-bond donors (Lipinski definition) is 2. The Morgan fingerprint density at radius 3 is 2.61 bits per heavy atom. The fourth-order valence-electron chi connectivity index (χ4n) is 10.6. The molecule has 3 aromatic heterocycles. The molecule has 1 aromatic carbocycles. The van der Waals surface area contributed by atoms with Crippen molar-refractivity contribution in [2.45, 2.75) is 104 Å². The van der Waals surface area contributed by atoms with Gasteiger partial charge in [0.15, 0.2) is 0 Å². The third-order valence-corrected chi connectivity index (χ3v) is 15.6. The SMILES string of the molecule is CCO[C@@H]1C2=NC(CS2)c2ccc3c(c2)c(c(-c2cc(N4CCN(C)CC4)cnc2[C@H](C)OC)n3CC)CC(C)(C)COC(=O)[C@@H]2CCCN(N2)C(=O)[C@H]1NC(=O)[C@@H]1[C@@H](C)[C@H]1c1ccccn1. The zero-order valence-electron chi connectivity index (χ0n) is 40.3. The second kappa shape index (κ2) is 19.6. The second-order valence-corrected chi connectivity index (χ2v) is 20.8. The van der Waals surface area contributed by atoms with Crippen LogP contribution in [0.3, 0.4) is 0 Å². The molecule has 2 saturated heterocycles. The van der Waals surface area contributed by atoms with E-state index in [1.165, 1.54) is 5.01 Å². The summed E-state index contributed by atoms with van der Waals surface area (Å²) in [4.78, 5) is 63.1. The number of ether oxygens (including phenoxy) is 3. The van der Waals surface area contributed by atoms with Gasteiger partial charge in [-0.2, -0.15) is 0 Å². The Morgan fingerprint density at radius 2 is 1.88 bits per heavy atom. The summed E-state index contributed by atoms with van der Waals surface area (Å²) < 4.78 is 21.1. The van der Waals surface area contributed by atoms with Gasteiger partial charge in [-0.05, 0) is 94.5 Å². The number of carbonyl (C=O) groups is 3. The Bertz CT molecular complexity index is 2510. The summed E-state index contributed by atoms with van der Waals surface area (Å²) in [5, 5.41) is 6.41. The van der Waals surface area contributed by atoms with Crippen LogP contribution in [0.25, 0.3) is 22.2 Å². The number of rotatable bonds is 10. The van der Waals surface area contributed by atoms with Crippen molar-refractivity contribution in [3.05, 3.63) is 77.4 Å². The molecule has 15 nitrogen and oxygen atoms in total. The second-order valence-electron chi connectivity index (χ2n) is 19.7. The monoisotopic (exact) mass is 933 g/mol.